The van der Waals surface area contributed by atoms with Gasteiger partial charge in [0.15, 0.2) is 0 Å². The number of aromatic nitrogens is 1. The third-order valence-corrected chi connectivity index (χ3v) is 4.83. The molecule has 0 aliphatic rings. The summed E-state index contributed by atoms with van der Waals surface area (Å²) in [6.45, 7) is 10.1. The summed E-state index contributed by atoms with van der Waals surface area (Å²) in [6.07, 6.45) is 0. The maximum Gasteiger partial charge on any atom is 0.146 e. The molecule has 0 aliphatic heterocycles. The van der Waals surface area contributed by atoms with Crippen LogP contribution in [0.15, 0.2) is 12.1 Å². The molecule has 6 heteroatoms. The normalized spacial score (nSPS) is 12.4. The van der Waals surface area contributed by atoms with Crippen LogP contribution in [0, 0.1) is 11.3 Å². The van der Waals surface area contributed by atoms with E-state index in [9.17, 15) is 5.26 Å². The Morgan fingerprint density at radius 3 is 1.92 bits per heavy atom. The molecule has 0 radical (unpaired) electrons. The van der Waals surface area contributed by atoms with E-state index >= 15 is 0 Å². The van der Waals surface area contributed by atoms with Crippen LogP contribution in [0.5, 0.6) is 0 Å². The van der Waals surface area contributed by atoms with Crippen molar-refractivity contribution in [1.29, 1.82) is 5.26 Å². The highest BCUT2D eigenvalue weighted by atomic mass is 15.2. The molecular weight excluding hydrogens is 300 g/mol. The van der Waals surface area contributed by atoms with Gasteiger partial charge in [-0.25, -0.2) is 4.98 Å². The number of nitriles is 1. The number of hydrogen-bond acceptors (Lipinski definition) is 6. The van der Waals surface area contributed by atoms with Gasteiger partial charge in [0.2, 0.25) is 0 Å². The van der Waals surface area contributed by atoms with E-state index < -0.39 is 0 Å². The van der Waals surface area contributed by atoms with Gasteiger partial charge in [-0.15, -0.1) is 0 Å². The van der Waals surface area contributed by atoms with Crippen LogP contribution < -0.4 is 10.6 Å². The first-order valence-electron chi connectivity index (χ1n) is 8.23. The molecule has 0 bridgehead atoms. The average molecular weight is 332 g/mol. The summed E-state index contributed by atoms with van der Waals surface area (Å²) in [5.74, 6) is 1.40. The molecule has 2 N–H and O–H groups in total. The highest BCUT2D eigenvalue weighted by molar-refractivity contribution is 5.57. The van der Waals surface area contributed by atoms with Gasteiger partial charge in [-0.2, -0.15) is 5.26 Å². The van der Waals surface area contributed by atoms with Crippen LogP contribution in [0.1, 0.15) is 33.3 Å². The summed E-state index contributed by atoms with van der Waals surface area (Å²) >= 11 is 0. The smallest absolute Gasteiger partial charge is 0.146 e. The van der Waals surface area contributed by atoms with Crippen LogP contribution in [0.2, 0.25) is 0 Å². The third kappa shape index (κ3) is 5.36. The topological polar surface area (TPSA) is 67.2 Å². The molecule has 24 heavy (non-hydrogen) atoms. The molecule has 1 aromatic rings. The Morgan fingerprint density at radius 2 is 1.46 bits per heavy atom. The van der Waals surface area contributed by atoms with Gasteiger partial charge < -0.3 is 20.4 Å². The Kier molecular flexibility index (Phi) is 6.58. The van der Waals surface area contributed by atoms with Crippen molar-refractivity contribution in [3.63, 3.8) is 0 Å². The van der Waals surface area contributed by atoms with E-state index in [0.717, 1.165) is 12.4 Å². The molecule has 0 aromatic carbocycles. The van der Waals surface area contributed by atoms with Gasteiger partial charge in [0.25, 0.3) is 0 Å². The predicted octanol–water partition coefficient (Wildman–Crippen LogP) is 2.46. The van der Waals surface area contributed by atoms with Crippen LogP contribution in [0.25, 0.3) is 0 Å². The first-order valence-corrected chi connectivity index (χ1v) is 8.23. The van der Waals surface area contributed by atoms with Crippen molar-refractivity contribution in [3.05, 3.63) is 17.7 Å². The number of hydrogen-bond donors (Lipinski definition) is 2. The highest BCUT2D eigenvalue weighted by Gasteiger charge is 2.22. The molecule has 6 nitrogen and oxygen atoms in total. The molecule has 0 amide bonds. The van der Waals surface area contributed by atoms with E-state index in [0.29, 0.717) is 17.9 Å². The Bertz CT molecular complexity index is 584. The molecule has 1 aromatic heterocycles. The van der Waals surface area contributed by atoms with E-state index in [4.69, 9.17) is 0 Å². The van der Waals surface area contributed by atoms with Crippen LogP contribution in [-0.2, 0) is 0 Å². The second kappa shape index (κ2) is 7.82. The lowest BCUT2D eigenvalue weighted by Crippen LogP contribution is -2.44. The van der Waals surface area contributed by atoms with E-state index in [1.807, 2.05) is 26.2 Å². The molecule has 0 atom stereocenters. The van der Waals surface area contributed by atoms with Crippen molar-refractivity contribution in [2.75, 3.05) is 51.9 Å². The zero-order valence-electron chi connectivity index (χ0n) is 16.4. The van der Waals surface area contributed by atoms with Crippen LogP contribution in [0.4, 0.5) is 11.6 Å². The molecule has 0 aliphatic carbocycles. The van der Waals surface area contributed by atoms with Gasteiger partial charge in [0.1, 0.15) is 17.7 Å². The Morgan fingerprint density at radius 1 is 0.958 bits per heavy atom. The highest BCUT2D eigenvalue weighted by Crippen LogP contribution is 2.19. The fourth-order valence-electron chi connectivity index (χ4n) is 1.71. The maximum absolute atomic E-state index is 9.31. The number of nitrogens with zero attached hydrogens (tertiary/aromatic N) is 4. The Balaban J connectivity index is 2.87. The van der Waals surface area contributed by atoms with Crippen LogP contribution in [-0.4, -0.2) is 67.1 Å². The lowest BCUT2D eigenvalue weighted by Gasteiger charge is -2.33. The summed E-state index contributed by atoms with van der Waals surface area (Å²) in [6, 6.07) is 5.87. The van der Waals surface area contributed by atoms with Crippen molar-refractivity contribution >= 4 is 11.6 Å². The lowest BCUT2D eigenvalue weighted by atomic mass is 10.0. The quantitative estimate of drug-likeness (QED) is 0.762. The average Bonchev–Trinajstić information content (AvgIpc) is 2.50. The summed E-state index contributed by atoms with van der Waals surface area (Å²) in [4.78, 5) is 8.90. The summed E-state index contributed by atoms with van der Waals surface area (Å²) in [5.41, 5.74) is 0.530. The van der Waals surface area contributed by atoms with Crippen LogP contribution in [0.3, 0.4) is 0 Å². The zero-order chi connectivity index (χ0) is 18.5. The van der Waals surface area contributed by atoms with E-state index in [-0.39, 0.29) is 11.1 Å². The minimum atomic E-state index is -0.0370. The minimum absolute atomic E-state index is 0.0100. The number of nitrogens with one attached hydrogen (secondary N) is 2. The van der Waals surface area contributed by atoms with E-state index in [1.165, 1.54) is 0 Å². The van der Waals surface area contributed by atoms with E-state index in [1.54, 1.807) is 0 Å². The molecular formula is C18H32N6. The molecule has 1 rings (SSSR count). The van der Waals surface area contributed by atoms with Gasteiger partial charge >= 0.3 is 0 Å². The zero-order valence-corrected chi connectivity index (χ0v) is 16.4. The summed E-state index contributed by atoms with van der Waals surface area (Å²) in [7, 11) is 8.21. The predicted molar refractivity (Wildman–Crippen MR) is 101 cm³/mol. The van der Waals surface area contributed by atoms with Gasteiger partial charge in [-0.05, 0) is 68.0 Å². The Labute approximate surface area is 146 Å². The summed E-state index contributed by atoms with van der Waals surface area (Å²) in [5, 5.41) is 16.0. The molecule has 0 fully saturated rings. The van der Waals surface area contributed by atoms with Crippen molar-refractivity contribution in [2.45, 2.75) is 38.8 Å². The molecule has 134 valence electrons. The fraction of sp³-hybridized carbons (Fsp3) is 0.667. The van der Waals surface area contributed by atoms with Gasteiger partial charge in [-0.1, -0.05) is 0 Å². The maximum atomic E-state index is 9.31. The SMILES string of the molecule is CN(C)C(C)(C)CNc1ccc(C#N)c(NCC(C)(C)N(C)C)n1. The third-order valence-electron chi connectivity index (χ3n) is 4.83. The number of anilines is 2. The largest absolute Gasteiger partial charge is 0.368 e. The second-order valence-electron chi connectivity index (χ2n) is 7.83. The van der Waals surface area contributed by atoms with Crippen molar-refractivity contribution in [1.82, 2.24) is 14.8 Å². The first-order chi connectivity index (χ1) is 11.0. The molecule has 1 heterocycles. The number of likely N-dealkylation sites (N-methyl/N-ethyl adjacent to an activating group) is 2. The van der Waals surface area contributed by atoms with Crippen molar-refractivity contribution in [2.24, 2.45) is 0 Å². The molecule has 0 saturated heterocycles. The van der Waals surface area contributed by atoms with Crippen LogP contribution >= 0.6 is 0 Å². The van der Waals surface area contributed by atoms with Crippen molar-refractivity contribution in [3.8, 4) is 6.07 Å². The standard InChI is InChI=1S/C18H32N6/c1-17(2,23(5)6)12-20-15-10-9-14(11-19)16(22-15)21-13-18(3,4)24(7)8/h9-10H,12-13H2,1-8H3,(H2,20,21,22). The second-order valence-corrected chi connectivity index (χ2v) is 7.83. The minimum Gasteiger partial charge on any atom is -0.368 e. The van der Waals surface area contributed by atoms with E-state index in [2.05, 4.69) is 73.3 Å². The molecule has 0 spiro atoms. The summed E-state index contributed by atoms with van der Waals surface area (Å²) < 4.78 is 0. The van der Waals surface area contributed by atoms with Gasteiger partial charge in [0.05, 0.1) is 5.56 Å². The molecule has 0 saturated carbocycles. The lowest BCUT2D eigenvalue weighted by molar-refractivity contribution is 0.209. The first kappa shape index (κ1) is 20.2. The van der Waals surface area contributed by atoms with Gasteiger partial charge in [-0.3, -0.25) is 0 Å². The fourth-order valence-corrected chi connectivity index (χ4v) is 1.71. The number of rotatable bonds is 8. The van der Waals surface area contributed by atoms with Crippen molar-refractivity contribution < 1.29 is 0 Å². The van der Waals surface area contributed by atoms with Gasteiger partial charge in [0, 0.05) is 24.2 Å². The molecule has 0 unspecified atom stereocenters. The number of pyridine rings is 1. The Hall–Kier alpha value is -1.84. The monoisotopic (exact) mass is 332 g/mol.